The van der Waals surface area contributed by atoms with E-state index in [4.69, 9.17) is 14.5 Å². The van der Waals surface area contributed by atoms with E-state index < -0.39 is 40.3 Å². The molecule has 3 fully saturated rings. The minimum absolute atomic E-state index is 0.0840. The number of carbonyl (C=O) groups is 4. The van der Waals surface area contributed by atoms with E-state index in [1.54, 1.807) is 22.1 Å². The molecule has 16 nitrogen and oxygen atoms in total. The Labute approximate surface area is 398 Å². The van der Waals surface area contributed by atoms with Crippen LogP contribution in [-0.2, 0) is 41.9 Å². The lowest BCUT2D eigenvalue weighted by molar-refractivity contribution is -0.135. The van der Waals surface area contributed by atoms with E-state index in [0.29, 0.717) is 37.4 Å². The summed E-state index contributed by atoms with van der Waals surface area (Å²) < 4.78 is 42.2. The summed E-state index contributed by atoms with van der Waals surface area (Å²) in [6, 6.07) is 15.9. The van der Waals surface area contributed by atoms with Crippen LogP contribution in [0.2, 0.25) is 0 Å². The summed E-state index contributed by atoms with van der Waals surface area (Å²) in [5.41, 5.74) is 8.82. The van der Waals surface area contributed by atoms with Crippen molar-refractivity contribution in [1.29, 1.82) is 0 Å². The number of fused-ring (bicyclic) bond motifs is 2. The summed E-state index contributed by atoms with van der Waals surface area (Å²) in [6.07, 6.45) is 9.89. The Bertz CT molecular complexity index is 2760. The molecule has 2 aliphatic carbocycles. The molecule has 5 aliphatic rings. The van der Waals surface area contributed by atoms with Crippen molar-refractivity contribution in [2.75, 3.05) is 32.6 Å². The predicted molar refractivity (Wildman–Crippen MR) is 258 cm³/mol. The predicted octanol–water partition coefficient (Wildman–Crippen LogP) is 8.00. The number of anilines is 1. The first-order valence-corrected chi connectivity index (χ1v) is 25.4. The molecule has 3 aliphatic heterocycles. The summed E-state index contributed by atoms with van der Waals surface area (Å²) in [5, 5.41) is 8.64. The summed E-state index contributed by atoms with van der Waals surface area (Å²) in [4.78, 5) is 63.5. The number of hydrogen-bond donors (Lipinski definition) is 4. The zero-order chi connectivity index (χ0) is 48.1. The molecule has 4 N–H and O–H groups in total. The largest absolute Gasteiger partial charge is 0.453 e. The molecule has 4 heterocycles. The Kier molecular flexibility index (Phi) is 12.9. The van der Waals surface area contributed by atoms with Gasteiger partial charge in [-0.1, -0.05) is 76.9 Å². The maximum Gasteiger partial charge on any atom is 0.407 e. The van der Waals surface area contributed by atoms with Gasteiger partial charge >= 0.3 is 12.2 Å². The lowest BCUT2D eigenvalue weighted by Crippen LogP contribution is -2.54. The Balaban J connectivity index is 0.981. The Morgan fingerprint density at radius 1 is 0.735 bits per heavy atom. The third-order valence-corrected chi connectivity index (χ3v) is 16.1. The van der Waals surface area contributed by atoms with Crippen LogP contribution in [0, 0.1) is 17.3 Å². The molecule has 1 saturated carbocycles. The van der Waals surface area contributed by atoms with Gasteiger partial charge in [-0.05, 0) is 126 Å². The fourth-order valence-electron chi connectivity index (χ4n) is 11.2. The number of amides is 4. The average Bonchev–Trinajstić information content (AvgIpc) is 4.19. The van der Waals surface area contributed by atoms with Gasteiger partial charge in [0.1, 0.15) is 28.6 Å². The van der Waals surface area contributed by atoms with Crippen LogP contribution in [-0.4, -0.2) is 103 Å². The molecule has 2 saturated heterocycles. The lowest BCUT2D eigenvalue weighted by Gasteiger charge is -2.32. The van der Waals surface area contributed by atoms with Crippen LogP contribution in [0.15, 0.2) is 70.1 Å². The van der Waals surface area contributed by atoms with Gasteiger partial charge in [0.15, 0.2) is 0 Å². The third kappa shape index (κ3) is 8.96. The van der Waals surface area contributed by atoms with E-state index in [9.17, 15) is 27.6 Å². The number of sulfonamides is 1. The molecule has 4 amide bonds. The maximum atomic E-state index is 14.2. The van der Waals surface area contributed by atoms with Crippen molar-refractivity contribution in [3.05, 3.63) is 77.7 Å². The summed E-state index contributed by atoms with van der Waals surface area (Å²) in [7, 11) is -1.64. The number of aromatic nitrogens is 2. The molecule has 0 radical (unpaired) electrons. The van der Waals surface area contributed by atoms with Gasteiger partial charge in [-0.2, -0.15) is 8.42 Å². The van der Waals surface area contributed by atoms with Gasteiger partial charge in [0.2, 0.25) is 11.8 Å². The fraction of sp³-hybridized carbons (Fsp3) is 0.490. The van der Waals surface area contributed by atoms with Gasteiger partial charge in [0.25, 0.3) is 10.0 Å². The minimum Gasteiger partial charge on any atom is -0.453 e. The SMILES string of the molecule is COC(=O)N[C@H](C(=O)N1CCC[C@H]1C1=NS(=O)(=O)c2cc(-c3cc(-c4ccc(-c5cnc([C@@H]6CCCN6C(=O)[C@@H](NC(=O)OC)C(C)C)[nH]5)cc4)cc4c3CC3(CCCC3)C4)ccc2N1)C(C)C. The van der Waals surface area contributed by atoms with E-state index >= 15 is 0 Å². The number of nitrogens with zero attached hydrogens (tertiary/aromatic N) is 4. The number of likely N-dealkylation sites (tertiary alicyclic amines) is 2. The van der Waals surface area contributed by atoms with Gasteiger partial charge in [-0.3, -0.25) is 9.59 Å². The molecule has 4 aromatic rings. The normalized spacial score (nSPS) is 21.0. The van der Waals surface area contributed by atoms with Gasteiger partial charge in [-0.25, -0.2) is 14.6 Å². The monoisotopic (exact) mass is 946 g/mol. The third-order valence-electron chi connectivity index (χ3n) is 14.8. The van der Waals surface area contributed by atoms with Crippen LogP contribution in [0.5, 0.6) is 0 Å². The topological polar surface area (TPSA) is 204 Å². The highest BCUT2D eigenvalue weighted by Crippen LogP contribution is 2.52. The van der Waals surface area contributed by atoms with E-state index in [1.807, 2.05) is 39.8 Å². The second-order valence-electron chi connectivity index (χ2n) is 19.9. The highest BCUT2D eigenvalue weighted by molar-refractivity contribution is 7.90. The number of aromatic amines is 1. The number of ether oxygens (including phenoxy) is 2. The lowest BCUT2D eigenvalue weighted by atomic mass is 9.83. The van der Waals surface area contributed by atoms with Gasteiger partial charge in [0.05, 0.1) is 43.9 Å². The number of amidine groups is 1. The molecular weight excluding hydrogens is 885 g/mol. The van der Waals surface area contributed by atoms with Crippen molar-refractivity contribution in [2.45, 2.75) is 121 Å². The maximum absolute atomic E-state index is 14.2. The van der Waals surface area contributed by atoms with Crippen molar-refractivity contribution < 1.29 is 37.1 Å². The quantitative estimate of drug-likeness (QED) is 0.114. The number of rotatable bonds is 11. The molecule has 3 aromatic carbocycles. The molecular formula is C51H62N8O8S. The van der Waals surface area contributed by atoms with E-state index in [2.05, 4.69) is 61.7 Å². The smallest absolute Gasteiger partial charge is 0.407 e. The molecule has 17 heteroatoms. The van der Waals surface area contributed by atoms with Crippen LogP contribution < -0.4 is 16.0 Å². The van der Waals surface area contributed by atoms with Gasteiger partial charge in [0, 0.05) is 13.1 Å². The number of carbonyl (C=O) groups excluding carboxylic acids is 4. The molecule has 1 spiro atoms. The molecule has 0 unspecified atom stereocenters. The molecule has 9 rings (SSSR count). The van der Waals surface area contributed by atoms with Gasteiger partial charge in [-0.15, -0.1) is 4.40 Å². The van der Waals surface area contributed by atoms with Crippen molar-refractivity contribution >= 4 is 45.5 Å². The summed E-state index contributed by atoms with van der Waals surface area (Å²) in [5.74, 6) is 0.0509. The van der Waals surface area contributed by atoms with Crippen LogP contribution in [0.3, 0.4) is 0 Å². The Morgan fingerprint density at radius 3 is 1.94 bits per heavy atom. The standard InChI is InChI=1S/C51H62N8O8S/c1-29(2)43(55-49(62)66-5)47(60)58-21-9-11-40(58)45-52-28-39(54-45)32-15-13-31(14-16-32)34-23-35-26-51(19-7-8-20-51)27-37(35)36(24-34)33-17-18-38-42(25-33)68(64,65)57-46(53-38)41-12-10-22-59(41)48(61)44(30(3)4)56-50(63)67-6/h13-18,23-25,28-30,40-41,43-44H,7-12,19-22,26-27H2,1-6H3,(H,52,54)(H,53,57)(H,55,62)(H,56,63)/t40-,41-,43-,44-/m0/s1. The van der Waals surface area contributed by atoms with Crippen LogP contribution in [0.1, 0.15) is 102 Å². The van der Waals surface area contributed by atoms with Crippen molar-refractivity contribution in [1.82, 2.24) is 30.4 Å². The second-order valence-corrected chi connectivity index (χ2v) is 21.4. The first kappa shape index (κ1) is 46.9. The van der Waals surface area contributed by atoms with E-state index in [-0.39, 0.29) is 45.8 Å². The van der Waals surface area contributed by atoms with Crippen LogP contribution in [0.25, 0.3) is 33.5 Å². The zero-order valence-electron chi connectivity index (χ0n) is 39.7. The summed E-state index contributed by atoms with van der Waals surface area (Å²) in [6.45, 7) is 8.43. The number of benzene rings is 3. The zero-order valence-corrected chi connectivity index (χ0v) is 40.5. The molecule has 1 aromatic heterocycles. The number of hydrogen-bond acceptors (Lipinski definition) is 10. The number of H-pyrrole nitrogens is 1. The van der Waals surface area contributed by atoms with E-state index in [0.717, 1.165) is 59.2 Å². The van der Waals surface area contributed by atoms with Crippen LogP contribution in [0.4, 0.5) is 15.3 Å². The number of imidazole rings is 1. The molecule has 4 atom stereocenters. The highest BCUT2D eigenvalue weighted by Gasteiger charge is 2.43. The van der Waals surface area contributed by atoms with Crippen molar-refractivity contribution in [3.63, 3.8) is 0 Å². The highest BCUT2D eigenvalue weighted by atomic mass is 32.2. The first-order chi connectivity index (χ1) is 32.6. The second kappa shape index (κ2) is 18.7. The van der Waals surface area contributed by atoms with E-state index in [1.165, 1.54) is 51.0 Å². The number of methoxy groups -OCH3 is 2. The van der Waals surface area contributed by atoms with Crippen molar-refractivity contribution in [2.24, 2.45) is 21.6 Å². The van der Waals surface area contributed by atoms with Gasteiger partial charge < -0.3 is 40.2 Å². The molecule has 360 valence electrons. The number of nitrogens with one attached hydrogen (secondary N) is 4. The fourth-order valence-corrected chi connectivity index (χ4v) is 12.4. The summed E-state index contributed by atoms with van der Waals surface area (Å²) >= 11 is 0. The Hall–Kier alpha value is -6.23. The molecule has 0 bridgehead atoms. The number of alkyl carbamates (subject to hydrolysis) is 2. The molecule has 68 heavy (non-hydrogen) atoms. The van der Waals surface area contributed by atoms with Crippen molar-refractivity contribution in [3.8, 4) is 33.5 Å². The first-order valence-electron chi connectivity index (χ1n) is 24.0. The minimum atomic E-state index is -4.17. The average molecular weight is 947 g/mol. The Morgan fingerprint density at radius 2 is 1.32 bits per heavy atom. The van der Waals surface area contributed by atoms with Crippen LogP contribution >= 0.6 is 0 Å².